The molecule has 0 saturated heterocycles. The van der Waals surface area contributed by atoms with Crippen LogP contribution in [0.15, 0.2) is 36.5 Å². The molecule has 2 aliphatic rings. The van der Waals surface area contributed by atoms with Crippen LogP contribution in [0.25, 0.3) is 0 Å². The molecule has 4 rings (SSSR count). The van der Waals surface area contributed by atoms with Crippen LogP contribution < -0.4 is 15.4 Å². The predicted octanol–water partition coefficient (Wildman–Crippen LogP) is 2.80. The van der Waals surface area contributed by atoms with Crippen LogP contribution in [0.4, 0.5) is 0 Å². The molecule has 0 radical (unpaired) electrons. The Morgan fingerprint density at radius 1 is 0.966 bits per heavy atom. The molecule has 2 atom stereocenters. The number of methoxy groups -OCH3 is 1. The van der Waals surface area contributed by atoms with E-state index in [0.717, 1.165) is 44.2 Å². The van der Waals surface area contributed by atoms with Crippen LogP contribution in [0.3, 0.4) is 0 Å². The van der Waals surface area contributed by atoms with E-state index in [1.165, 1.54) is 0 Å². The molecule has 2 aromatic rings. The highest BCUT2D eigenvalue weighted by atomic mass is 16.5. The van der Waals surface area contributed by atoms with Gasteiger partial charge < -0.3 is 15.4 Å². The van der Waals surface area contributed by atoms with Crippen LogP contribution in [0.2, 0.25) is 0 Å². The summed E-state index contributed by atoms with van der Waals surface area (Å²) in [5.74, 6) is 0.288. The molecule has 0 spiro atoms. The van der Waals surface area contributed by atoms with E-state index in [0.29, 0.717) is 17.1 Å². The van der Waals surface area contributed by atoms with E-state index < -0.39 is 0 Å². The van der Waals surface area contributed by atoms with Crippen molar-refractivity contribution >= 4 is 11.8 Å². The molecule has 2 fully saturated rings. The maximum Gasteiger partial charge on any atom is 0.270 e. The average Bonchev–Trinajstić information content (AvgIpc) is 2.97. The Bertz CT molecular complexity index is 930. The zero-order valence-corrected chi connectivity index (χ0v) is 16.8. The van der Waals surface area contributed by atoms with Gasteiger partial charge in [-0.25, -0.2) is 9.97 Å². The van der Waals surface area contributed by atoms with Gasteiger partial charge in [-0.15, -0.1) is 0 Å². The highest BCUT2D eigenvalue weighted by Crippen LogP contribution is 2.48. The van der Waals surface area contributed by atoms with E-state index in [9.17, 15) is 9.59 Å². The fourth-order valence-corrected chi connectivity index (χ4v) is 4.75. The minimum atomic E-state index is -0.301. The van der Waals surface area contributed by atoms with E-state index in [-0.39, 0.29) is 22.9 Å². The summed E-state index contributed by atoms with van der Waals surface area (Å²) in [4.78, 5) is 34.1. The maximum atomic E-state index is 12.8. The zero-order valence-electron chi connectivity index (χ0n) is 16.8. The topological polar surface area (TPSA) is 93.2 Å². The monoisotopic (exact) mass is 394 g/mol. The lowest BCUT2D eigenvalue weighted by atomic mass is 9.78. The largest absolute Gasteiger partial charge is 0.495 e. The first-order valence-corrected chi connectivity index (χ1v) is 10.0. The second-order valence-corrected chi connectivity index (χ2v) is 8.25. The molecule has 0 unspecified atom stereocenters. The van der Waals surface area contributed by atoms with Gasteiger partial charge in [0.15, 0.2) is 0 Å². The summed E-state index contributed by atoms with van der Waals surface area (Å²) in [7, 11) is 1.57. The summed E-state index contributed by atoms with van der Waals surface area (Å²) in [5.41, 5.74) is 1.04. The van der Waals surface area contributed by atoms with Gasteiger partial charge in [-0.1, -0.05) is 6.07 Å². The molecule has 0 aliphatic heterocycles. The number of aromatic nitrogens is 2. The molecule has 2 N–H and O–H groups in total. The van der Waals surface area contributed by atoms with Crippen molar-refractivity contribution in [3.05, 3.63) is 53.6 Å². The van der Waals surface area contributed by atoms with Gasteiger partial charge in [0, 0.05) is 16.8 Å². The summed E-state index contributed by atoms with van der Waals surface area (Å²) in [5, 5.41) is 6.45. The van der Waals surface area contributed by atoms with Crippen molar-refractivity contribution in [2.75, 3.05) is 7.11 Å². The standard InChI is InChI=1S/C22H26N4O3/c1-15-5-3-6-18(24-15)20(28)26-22-10-4-9-21(14-22,11-12-22)25-19(27)17-8-7-16(29-2)13-23-17/h3,5-8,13H,4,9-12,14H2,1-2H3,(H,25,27)(H,26,28)/t21-,22+/m1/s1. The number of hydrogen-bond acceptors (Lipinski definition) is 5. The van der Waals surface area contributed by atoms with Gasteiger partial charge in [-0.05, 0) is 69.7 Å². The van der Waals surface area contributed by atoms with Crippen molar-refractivity contribution in [1.82, 2.24) is 20.6 Å². The van der Waals surface area contributed by atoms with Crippen LogP contribution in [0.5, 0.6) is 5.75 Å². The Kier molecular flexibility index (Phi) is 4.98. The van der Waals surface area contributed by atoms with Crippen molar-refractivity contribution in [3.8, 4) is 5.75 Å². The Morgan fingerprint density at radius 2 is 1.66 bits per heavy atom. The summed E-state index contributed by atoms with van der Waals surface area (Å²) in [6.45, 7) is 1.87. The van der Waals surface area contributed by atoms with Gasteiger partial charge >= 0.3 is 0 Å². The van der Waals surface area contributed by atoms with Gasteiger partial charge in [0.1, 0.15) is 17.1 Å². The first kappa shape index (κ1) is 19.4. The number of pyridine rings is 2. The summed E-state index contributed by atoms with van der Waals surface area (Å²) < 4.78 is 5.10. The lowest BCUT2D eigenvalue weighted by Gasteiger charge is -2.40. The number of aryl methyl sites for hydroxylation is 1. The van der Waals surface area contributed by atoms with Crippen LogP contribution in [0.1, 0.15) is 65.2 Å². The van der Waals surface area contributed by atoms with Crippen molar-refractivity contribution in [1.29, 1.82) is 0 Å². The van der Waals surface area contributed by atoms with Gasteiger partial charge in [-0.2, -0.15) is 0 Å². The highest BCUT2D eigenvalue weighted by Gasteiger charge is 2.52. The van der Waals surface area contributed by atoms with E-state index in [4.69, 9.17) is 4.74 Å². The van der Waals surface area contributed by atoms with E-state index in [1.807, 2.05) is 19.1 Å². The van der Waals surface area contributed by atoms with Crippen molar-refractivity contribution in [3.63, 3.8) is 0 Å². The SMILES string of the molecule is COc1ccc(C(=O)N[C@]23CCC[C@](NC(=O)c4cccc(C)n4)(CC2)C3)nc1. The summed E-state index contributed by atoms with van der Waals surface area (Å²) >= 11 is 0. The van der Waals surface area contributed by atoms with Gasteiger partial charge in [0.25, 0.3) is 11.8 Å². The Labute approximate surface area is 170 Å². The number of hydrogen-bond donors (Lipinski definition) is 2. The Morgan fingerprint density at radius 3 is 2.24 bits per heavy atom. The molecule has 2 amide bonds. The molecular formula is C22H26N4O3. The van der Waals surface area contributed by atoms with Gasteiger partial charge in [0.2, 0.25) is 0 Å². The molecule has 2 heterocycles. The number of carbonyl (C=O) groups is 2. The molecule has 7 nitrogen and oxygen atoms in total. The smallest absolute Gasteiger partial charge is 0.270 e. The minimum absolute atomic E-state index is 0.144. The molecule has 2 aromatic heterocycles. The molecule has 2 bridgehead atoms. The Balaban J connectivity index is 1.46. The average molecular weight is 394 g/mol. The van der Waals surface area contributed by atoms with Crippen molar-refractivity contribution in [2.24, 2.45) is 0 Å². The molecule has 2 saturated carbocycles. The van der Waals surface area contributed by atoms with E-state index in [2.05, 4.69) is 20.6 Å². The predicted molar refractivity (Wildman–Crippen MR) is 108 cm³/mol. The third-order valence-electron chi connectivity index (χ3n) is 6.15. The molecule has 152 valence electrons. The maximum absolute atomic E-state index is 12.8. The number of nitrogens with one attached hydrogen (secondary N) is 2. The lowest BCUT2D eigenvalue weighted by Crippen LogP contribution is -2.55. The third-order valence-corrected chi connectivity index (χ3v) is 6.15. The third kappa shape index (κ3) is 3.95. The van der Waals surface area contributed by atoms with Crippen LogP contribution in [0, 0.1) is 6.92 Å². The van der Waals surface area contributed by atoms with Crippen molar-refractivity contribution in [2.45, 2.75) is 56.5 Å². The molecule has 29 heavy (non-hydrogen) atoms. The normalized spacial score (nSPS) is 25.3. The Hall–Kier alpha value is -2.96. The number of nitrogens with zero attached hydrogens (tertiary/aromatic N) is 2. The minimum Gasteiger partial charge on any atom is -0.495 e. The fourth-order valence-electron chi connectivity index (χ4n) is 4.75. The zero-order chi connectivity index (χ0) is 20.5. The van der Waals surface area contributed by atoms with Crippen LogP contribution in [-0.2, 0) is 0 Å². The number of ether oxygens (including phenoxy) is 1. The van der Waals surface area contributed by atoms with Crippen molar-refractivity contribution < 1.29 is 14.3 Å². The molecule has 2 aliphatic carbocycles. The quantitative estimate of drug-likeness (QED) is 0.813. The van der Waals surface area contributed by atoms with Crippen LogP contribution in [-0.4, -0.2) is 40.0 Å². The first-order chi connectivity index (χ1) is 13.9. The summed E-state index contributed by atoms with van der Waals surface area (Å²) in [6.07, 6.45) is 6.76. The van der Waals surface area contributed by atoms with Gasteiger partial charge in [0.05, 0.1) is 13.3 Å². The second kappa shape index (κ2) is 7.46. The van der Waals surface area contributed by atoms with Gasteiger partial charge in [-0.3, -0.25) is 9.59 Å². The van der Waals surface area contributed by atoms with E-state index in [1.54, 1.807) is 31.5 Å². The first-order valence-electron chi connectivity index (χ1n) is 10.0. The van der Waals surface area contributed by atoms with Crippen LogP contribution >= 0.6 is 0 Å². The number of fused-ring (bicyclic) bond motifs is 2. The molecule has 0 aromatic carbocycles. The molecular weight excluding hydrogens is 368 g/mol. The number of amides is 2. The summed E-state index contributed by atoms with van der Waals surface area (Å²) in [6, 6.07) is 8.85. The fraction of sp³-hybridized carbons (Fsp3) is 0.455. The lowest BCUT2D eigenvalue weighted by molar-refractivity contribution is 0.0827. The number of rotatable bonds is 5. The number of carbonyl (C=O) groups excluding carboxylic acids is 2. The second-order valence-electron chi connectivity index (χ2n) is 8.25. The highest BCUT2D eigenvalue weighted by molar-refractivity contribution is 5.94. The molecule has 7 heteroatoms. The van der Waals surface area contributed by atoms with E-state index >= 15 is 0 Å².